The number of anilines is 1. The summed E-state index contributed by atoms with van der Waals surface area (Å²) in [4.78, 5) is 6.66. The van der Waals surface area contributed by atoms with Crippen LogP contribution in [-0.4, -0.2) is 24.1 Å². The number of pyridine rings is 1. The van der Waals surface area contributed by atoms with E-state index in [-0.39, 0.29) is 5.54 Å². The fraction of sp³-hybridized carbons (Fsp3) is 0.667. The maximum Gasteiger partial charge on any atom is 0.128 e. The van der Waals surface area contributed by atoms with Crippen molar-refractivity contribution < 1.29 is 0 Å². The zero-order chi connectivity index (χ0) is 14.0. The van der Waals surface area contributed by atoms with Gasteiger partial charge < -0.3 is 10.2 Å². The van der Waals surface area contributed by atoms with Crippen molar-refractivity contribution >= 4 is 17.4 Å². The van der Waals surface area contributed by atoms with Crippen LogP contribution >= 0.6 is 11.6 Å². The minimum absolute atomic E-state index is 0.0900. The van der Waals surface area contributed by atoms with Crippen LogP contribution in [0.25, 0.3) is 0 Å². The molecule has 19 heavy (non-hydrogen) atoms. The Morgan fingerprint density at radius 3 is 2.68 bits per heavy atom. The van der Waals surface area contributed by atoms with Gasteiger partial charge >= 0.3 is 0 Å². The summed E-state index contributed by atoms with van der Waals surface area (Å²) in [6.07, 6.45) is 4.48. The van der Waals surface area contributed by atoms with Crippen molar-refractivity contribution in [2.45, 2.75) is 45.7 Å². The number of aromatic nitrogens is 1. The Morgan fingerprint density at radius 1 is 1.42 bits per heavy atom. The van der Waals surface area contributed by atoms with E-state index in [4.69, 9.17) is 11.6 Å². The molecule has 0 amide bonds. The molecule has 1 heterocycles. The average Bonchev–Trinajstić information content (AvgIpc) is 3.10. The van der Waals surface area contributed by atoms with E-state index in [0.29, 0.717) is 0 Å². The summed E-state index contributed by atoms with van der Waals surface area (Å²) < 4.78 is 0. The fourth-order valence-corrected chi connectivity index (χ4v) is 2.12. The quantitative estimate of drug-likeness (QED) is 0.896. The SMILES string of the molecule is CN(CC1CC1)c1cc(CNC(C)(C)C)c(Cl)cn1. The number of rotatable bonds is 5. The highest BCUT2D eigenvalue weighted by Gasteiger charge is 2.23. The van der Waals surface area contributed by atoms with Gasteiger partial charge in [-0.15, -0.1) is 0 Å². The summed E-state index contributed by atoms with van der Waals surface area (Å²) in [6.45, 7) is 8.34. The van der Waals surface area contributed by atoms with E-state index < -0.39 is 0 Å². The standard InChI is InChI=1S/C15H24ClN3/c1-15(2,3)18-8-12-7-14(17-9-13(12)16)19(4)10-11-5-6-11/h7,9,11,18H,5-6,8,10H2,1-4H3. The van der Waals surface area contributed by atoms with Gasteiger partial charge in [0.25, 0.3) is 0 Å². The Bertz CT molecular complexity index is 436. The predicted octanol–water partition coefficient (Wildman–Crippen LogP) is 3.47. The monoisotopic (exact) mass is 281 g/mol. The van der Waals surface area contributed by atoms with Crippen LogP contribution < -0.4 is 10.2 Å². The first kappa shape index (κ1) is 14.6. The molecule has 0 aromatic carbocycles. The Kier molecular flexibility index (Phi) is 4.36. The van der Waals surface area contributed by atoms with Gasteiger partial charge in [0.15, 0.2) is 0 Å². The number of hydrogen-bond acceptors (Lipinski definition) is 3. The van der Waals surface area contributed by atoms with Gasteiger partial charge in [-0.25, -0.2) is 4.98 Å². The second-order valence-electron chi connectivity index (χ2n) is 6.56. The van der Waals surface area contributed by atoms with Crippen molar-refractivity contribution in [1.29, 1.82) is 0 Å². The Labute approximate surface area is 121 Å². The third-order valence-electron chi connectivity index (χ3n) is 3.35. The first-order valence-corrected chi connectivity index (χ1v) is 7.33. The van der Waals surface area contributed by atoms with Crippen LogP contribution in [0.5, 0.6) is 0 Å². The first-order chi connectivity index (χ1) is 8.85. The minimum Gasteiger partial charge on any atom is -0.359 e. The Hall–Kier alpha value is -0.800. The molecule has 1 fully saturated rings. The highest BCUT2D eigenvalue weighted by atomic mass is 35.5. The smallest absolute Gasteiger partial charge is 0.128 e. The second kappa shape index (κ2) is 5.68. The summed E-state index contributed by atoms with van der Waals surface area (Å²) in [7, 11) is 2.11. The highest BCUT2D eigenvalue weighted by molar-refractivity contribution is 6.31. The molecule has 1 aliphatic rings. The molecule has 1 aliphatic carbocycles. The summed E-state index contributed by atoms with van der Waals surface area (Å²) in [5, 5.41) is 4.20. The van der Waals surface area contributed by atoms with Crippen molar-refractivity contribution in [2.24, 2.45) is 5.92 Å². The maximum atomic E-state index is 6.23. The Balaban J connectivity index is 2.05. The first-order valence-electron chi connectivity index (χ1n) is 6.96. The number of halogens is 1. The summed E-state index contributed by atoms with van der Waals surface area (Å²) >= 11 is 6.23. The zero-order valence-electron chi connectivity index (χ0n) is 12.3. The van der Waals surface area contributed by atoms with E-state index in [2.05, 4.69) is 49.1 Å². The lowest BCUT2D eigenvalue weighted by Gasteiger charge is -2.22. The molecule has 3 nitrogen and oxygen atoms in total. The van der Waals surface area contributed by atoms with Crippen molar-refractivity contribution in [2.75, 3.05) is 18.5 Å². The molecular formula is C15H24ClN3. The van der Waals surface area contributed by atoms with E-state index >= 15 is 0 Å². The predicted molar refractivity (Wildman–Crippen MR) is 81.8 cm³/mol. The lowest BCUT2D eigenvalue weighted by molar-refractivity contribution is 0.424. The second-order valence-corrected chi connectivity index (χ2v) is 6.97. The van der Waals surface area contributed by atoms with E-state index in [1.165, 1.54) is 12.8 Å². The molecule has 1 aromatic heterocycles. The minimum atomic E-state index is 0.0900. The topological polar surface area (TPSA) is 28.2 Å². The van der Waals surface area contributed by atoms with Crippen molar-refractivity contribution in [3.63, 3.8) is 0 Å². The molecule has 106 valence electrons. The zero-order valence-corrected chi connectivity index (χ0v) is 13.1. The van der Waals surface area contributed by atoms with Crippen LogP contribution in [-0.2, 0) is 6.54 Å². The molecule has 0 unspecified atom stereocenters. The van der Waals surface area contributed by atoms with Gasteiger partial charge in [-0.2, -0.15) is 0 Å². The third-order valence-corrected chi connectivity index (χ3v) is 3.69. The van der Waals surface area contributed by atoms with Crippen molar-refractivity contribution in [1.82, 2.24) is 10.3 Å². The molecule has 0 aliphatic heterocycles. The van der Waals surface area contributed by atoms with Gasteiger partial charge in [-0.1, -0.05) is 11.6 Å². The van der Waals surface area contributed by atoms with Crippen LogP contribution in [0, 0.1) is 5.92 Å². The van der Waals surface area contributed by atoms with E-state index in [9.17, 15) is 0 Å². The Morgan fingerprint density at radius 2 is 2.11 bits per heavy atom. The molecule has 0 spiro atoms. The van der Waals surface area contributed by atoms with E-state index in [1.54, 1.807) is 6.20 Å². The van der Waals surface area contributed by atoms with Crippen LogP contribution in [0.2, 0.25) is 5.02 Å². The third kappa shape index (κ3) is 4.66. The molecule has 0 saturated heterocycles. The molecule has 4 heteroatoms. The van der Waals surface area contributed by atoms with Gasteiger partial charge in [0.05, 0.1) is 5.02 Å². The van der Waals surface area contributed by atoms with E-state index in [0.717, 1.165) is 35.4 Å². The summed E-state index contributed by atoms with van der Waals surface area (Å²) in [5.74, 6) is 1.88. The summed E-state index contributed by atoms with van der Waals surface area (Å²) in [6, 6.07) is 2.10. The molecule has 2 rings (SSSR count). The molecule has 0 radical (unpaired) electrons. The van der Waals surface area contributed by atoms with Gasteiger partial charge in [-0.3, -0.25) is 0 Å². The number of nitrogens with zero attached hydrogens (tertiary/aromatic N) is 2. The van der Waals surface area contributed by atoms with E-state index in [1.807, 2.05) is 0 Å². The van der Waals surface area contributed by atoms with Crippen LogP contribution in [0.15, 0.2) is 12.3 Å². The molecule has 0 bridgehead atoms. The molecule has 1 N–H and O–H groups in total. The largest absolute Gasteiger partial charge is 0.359 e. The molecule has 1 saturated carbocycles. The van der Waals surface area contributed by atoms with Gasteiger partial charge in [0, 0.05) is 31.9 Å². The molecule has 0 atom stereocenters. The molecular weight excluding hydrogens is 258 g/mol. The van der Waals surface area contributed by atoms with Crippen molar-refractivity contribution in [3.05, 3.63) is 22.8 Å². The van der Waals surface area contributed by atoms with Gasteiger partial charge in [0.2, 0.25) is 0 Å². The fourth-order valence-electron chi connectivity index (χ4n) is 1.95. The molecule has 1 aromatic rings. The lowest BCUT2D eigenvalue weighted by atomic mass is 10.1. The van der Waals surface area contributed by atoms with Gasteiger partial charge in [0.1, 0.15) is 5.82 Å². The van der Waals surface area contributed by atoms with Crippen molar-refractivity contribution in [3.8, 4) is 0 Å². The van der Waals surface area contributed by atoms with Crippen LogP contribution in [0.1, 0.15) is 39.2 Å². The van der Waals surface area contributed by atoms with Gasteiger partial charge in [-0.05, 0) is 51.2 Å². The maximum absolute atomic E-state index is 6.23. The normalized spacial score (nSPS) is 15.6. The number of hydrogen-bond donors (Lipinski definition) is 1. The number of nitrogens with one attached hydrogen (secondary N) is 1. The lowest BCUT2D eigenvalue weighted by Crippen LogP contribution is -2.35. The highest BCUT2D eigenvalue weighted by Crippen LogP contribution is 2.31. The van der Waals surface area contributed by atoms with Crippen LogP contribution in [0.4, 0.5) is 5.82 Å². The average molecular weight is 282 g/mol. The summed E-state index contributed by atoms with van der Waals surface area (Å²) in [5.41, 5.74) is 1.20. The van der Waals surface area contributed by atoms with Crippen LogP contribution in [0.3, 0.4) is 0 Å².